The molecule has 1 saturated heterocycles. The Hall–Kier alpha value is -2.66. The van der Waals surface area contributed by atoms with E-state index in [4.69, 9.17) is 4.74 Å². The summed E-state index contributed by atoms with van der Waals surface area (Å²) in [5, 5.41) is 0. The minimum Gasteiger partial charge on any atom is -0.381 e. The molecule has 5 nitrogen and oxygen atoms in total. The number of hydrogen-bond donors (Lipinski definition) is 0. The SMILES string of the molecule is CC(c1ccc(-n2cnc3ccccc32)cc1)N(C)C(=O)C1CCOC1. The van der Waals surface area contributed by atoms with E-state index in [9.17, 15) is 4.79 Å². The zero-order valence-corrected chi connectivity index (χ0v) is 15.1. The van der Waals surface area contributed by atoms with Crippen molar-refractivity contribution in [3.05, 3.63) is 60.4 Å². The van der Waals surface area contributed by atoms with Gasteiger partial charge in [-0.1, -0.05) is 24.3 Å². The molecule has 2 unspecified atom stereocenters. The van der Waals surface area contributed by atoms with E-state index in [1.807, 2.05) is 36.5 Å². The Balaban J connectivity index is 1.54. The van der Waals surface area contributed by atoms with E-state index in [-0.39, 0.29) is 17.9 Å². The summed E-state index contributed by atoms with van der Waals surface area (Å²) < 4.78 is 7.43. The van der Waals surface area contributed by atoms with Crippen LogP contribution in [0.25, 0.3) is 16.7 Å². The minimum absolute atomic E-state index is 0.000892. The Labute approximate surface area is 153 Å². The van der Waals surface area contributed by atoms with Crippen LogP contribution < -0.4 is 0 Å². The topological polar surface area (TPSA) is 47.4 Å². The van der Waals surface area contributed by atoms with E-state index in [0.29, 0.717) is 13.2 Å². The van der Waals surface area contributed by atoms with E-state index in [1.54, 1.807) is 0 Å². The third-order valence-electron chi connectivity index (χ3n) is 5.31. The van der Waals surface area contributed by atoms with Crippen LogP contribution in [-0.2, 0) is 9.53 Å². The van der Waals surface area contributed by atoms with Crippen molar-refractivity contribution < 1.29 is 9.53 Å². The fraction of sp³-hybridized carbons (Fsp3) is 0.333. The fourth-order valence-corrected chi connectivity index (χ4v) is 3.51. The van der Waals surface area contributed by atoms with Gasteiger partial charge in [0.2, 0.25) is 5.91 Å². The number of aromatic nitrogens is 2. The number of nitrogens with zero attached hydrogens (tertiary/aromatic N) is 3. The average molecular weight is 349 g/mol. The fourth-order valence-electron chi connectivity index (χ4n) is 3.51. The largest absolute Gasteiger partial charge is 0.381 e. The standard InChI is InChI=1S/C21H23N3O2/c1-15(23(2)21(25)17-11-12-26-13-17)16-7-9-18(10-8-16)24-14-22-19-5-3-4-6-20(19)24/h3-10,14-15,17H,11-13H2,1-2H3. The average Bonchev–Trinajstić information content (AvgIpc) is 3.36. The second-order valence-electron chi connectivity index (χ2n) is 6.88. The molecule has 0 bridgehead atoms. The number of carbonyl (C=O) groups is 1. The first kappa shape index (κ1) is 16.8. The molecular formula is C21H23N3O2. The molecule has 0 aliphatic carbocycles. The van der Waals surface area contributed by atoms with Gasteiger partial charge in [0.05, 0.1) is 29.6 Å². The Morgan fingerprint density at radius 2 is 2.00 bits per heavy atom. The van der Waals surface area contributed by atoms with Crippen LogP contribution in [0, 0.1) is 5.92 Å². The molecule has 1 aliphatic heterocycles. The summed E-state index contributed by atoms with van der Waals surface area (Å²) in [5.41, 5.74) is 4.25. The molecule has 1 aromatic heterocycles. The van der Waals surface area contributed by atoms with Crippen molar-refractivity contribution in [1.82, 2.24) is 14.5 Å². The van der Waals surface area contributed by atoms with Gasteiger partial charge in [0, 0.05) is 19.3 Å². The van der Waals surface area contributed by atoms with Crippen LogP contribution in [0.3, 0.4) is 0 Å². The lowest BCUT2D eigenvalue weighted by Crippen LogP contribution is -2.35. The number of imidazole rings is 1. The van der Waals surface area contributed by atoms with Gasteiger partial charge in [-0.25, -0.2) is 4.98 Å². The summed E-state index contributed by atoms with van der Waals surface area (Å²) in [5.74, 6) is 0.165. The van der Waals surface area contributed by atoms with Gasteiger partial charge in [-0.3, -0.25) is 9.36 Å². The van der Waals surface area contributed by atoms with Crippen molar-refractivity contribution in [1.29, 1.82) is 0 Å². The Morgan fingerprint density at radius 3 is 2.73 bits per heavy atom. The van der Waals surface area contributed by atoms with Crippen molar-refractivity contribution in [3.63, 3.8) is 0 Å². The van der Waals surface area contributed by atoms with Crippen molar-refractivity contribution in [2.45, 2.75) is 19.4 Å². The monoisotopic (exact) mass is 349 g/mol. The first-order chi connectivity index (χ1) is 12.6. The summed E-state index contributed by atoms with van der Waals surface area (Å²) in [6.45, 7) is 3.30. The van der Waals surface area contributed by atoms with Crippen LogP contribution >= 0.6 is 0 Å². The van der Waals surface area contributed by atoms with Crippen LogP contribution in [0.4, 0.5) is 0 Å². The molecule has 134 valence electrons. The van der Waals surface area contributed by atoms with E-state index < -0.39 is 0 Å². The Bertz CT molecular complexity index is 910. The summed E-state index contributed by atoms with van der Waals surface area (Å²) >= 11 is 0. The van der Waals surface area contributed by atoms with Crippen LogP contribution in [0.15, 0.2) is 54.9 Å². The van der Waals surface area contributed by atoms with Crippen LogP contribution in [0.1, 0.15) is 24.9 Å². The number of amides is 1. The number of rotatable bonds is 4. The Kier molecular flexibility index (Phi) is 4.47. The molecule has 1 fully saturated rings. The predicted octanol–water partition coefficient (Wildman–Crippen LogP) is 3.58. The lowest BCUT2D eigenvalue weighted by Gasteiger charge is -2.27. The van der Waals surface area contributed by atoms with Crippen molar-refractivity contribution >= 4 is 16.9 Å². The number of carbonyl (C=O) groups excluding carboxylic acids is 1. The van der Waals surface area contributed by atoms with Crippen molar-refractivity contribution in [3.8, 4) is 5.69 Å². The van der Waals surface area contributed by atoms with Crippen LogP contribution in [-0.4, -0.2) is 40.6 Å². The maximum absolute atomic E-state index is 12.6. The second kappa shape index (κ2) is 6.92. The van der Waals surface area contributed by atoms with Gasteiger partial charge in [-0.15, -0.1) is 0 Å². The van der Waals surface area contributed by atoms with Crippen molar-refractivity contribution in [2.75, 3.05) is 20.3 Å². The molecule has 4 rings (SSSR count). The lowest BCUT2D eigenvalue weighted by molar-refractivity contribution is -0.136. The van der Waals surface area contributed by atoms with Gasteiger partial charge < -0.3 is 9.64 Å². The normalized spacial score (nSPS) is 18.2. The molecule has 0 N–H and O–H groups in total. The zero-order valence-electron chi connectivity index (χ0n) is 15.1. The number of fused-ring (bicyclic) bond motifs is 1. The third kappa shape index (κ3) is 2.99. The summed E-state index contributed by atoms with van der Waals surface area (Å²) in [7, 11) is 1.88. The summed E-state index contributed by atoms with van der Waals surface area (Å²) in [6.07, 6.45) is 2.67. The molecule has 5 heteroatoms. The smallest absolute Gasteiger partial charge is 0.228 e. The first-order valence-electron chi connectivity index (χ1n) is 9.02. The Morgan fingerprint density at radius 1 is 1.23 bits per heavy atom. The molecular weight excluding hydrogens is 326 g/mol. The summed E-state index contributed by atoms with van der Waals surface area (Å²) in [6, 6.07) is 16.4. The van der Waals surface area contributed by atoms with Gasteiger partial charge in [0.15, 0.2) is 0 Å². The maximum atomic E-state index is 12.6. The van der Waals surface area contributed by atoms with E-state index in [1.165, 1.54) is 0 Å². The lowest BCUT2D eigenvalue weighted by atomic mass is 10.0. The van der Waals surface area contributed by atoms with Gasteiger partial charge in [0.1, 0.15) is 6.33 Å². The van der Waals surface area contributed by atoms with Gasteiger partial charge >= 0.3 is 0 Å². The van der Waals surface area contributed by atoms with Crippen LogP contribution in [0.5, 0.6) is 0 Å². The molecule has 3 aromatic rings. The molecule has 2 atom stereocenters. The van der Waals surface area contributed by atoms with E-state index in [0.717, 1.165) is 28.7 Å². The number of para-hydroxylation sites is 2. The highest BCUT2D eigenvalue weighted by atomic mass is 16.5. The highest BCUT2D eigenvalue weighted by Gasteiger charge is 2.28. The highest BCUT2D eigenvalue weighted by Crippen LogP contribution is 2.25. The molecule has 2 heterocycles. The van der Waals surface area contributed by atoms with E-state index >= 15 is 0 Å². The predicted molar refractivity (Wildman–Crippen MR) is 101 cm³/mol. The first-order valence-corrected chi connectivity index (χ1v) is 9.02. The van der Waals surface area contributed by atoms with Crippen molar-refractivity contribution in [2.24, 2.45) is 5.92 Å². The number of ether oxygens (including phenoxy) is 1. The molecule has 26 heavy (non-hydrogen) atoms. The molecule has 0 spiro atoms. The quantitative estimate of drug-likeness (QED) is 0.723. The number of hydrogen-bond acceptors (Lipinski definition) is 3. The highest BCUT2D eigenvalue weighted by molar-refractivity contribution is 5.79. The van der Waals surface area contributed by atoms with Crippen LogP contribution in [0.2, 0.25) is 0 Å². The molecule has 2 aromatic carbocycles. The van der Waals surface area contributed by atoms with E-state index in [2.05, 4.69) is 46.8 Å². The summed E-state index contributed by atoms with van der Waals surface area (Å²) in [4.78, 5) is 18.9. The molecule has 1 amide bonds. The molecule has 1 aliphatic rings. The zero-order chi connectivity index (χ0) is 18.1. The van der Waals surface area contributed by atoms with Gasteiger partial charge in [0.25, 0.3) is 0 Å². The number of benzene rings is 2. The molecule has 0 radical (unpaired) electrons. The van der Waals surface area contributed by atoms with Gasteiger partial charge in [-0.05, 0) is 43.2 Å². The van der Waals surface area contributed by atoms with Gasteiger partial charge in [-0.2, -0.15) is 0 Å². The minimum atomic E-state index is -0.000892. The maximum Gasteiger partial charge on any atom is 0.228 e. The second-order valence-corrected chi connectivity index (χ2v) is 6.88. The molecule has 0 saturated carbocycles. The third-order valence-corrected chi connectivity index (χ3v) is 5.31.